The molecule has 0 aromatic heterocycles. The monoisotopic (exact) mass is 387 g/mol. The minimum Gasteiger partial charge on any atom is -0.294 e. The van der Waals surface area contributed by atoms with Crippen molar-refractivity contribution in [3.8, 4) is 0 Å². The molecular weight excluding hydrogens is 365 g/mol. The van der Waals surface area contributed by atoms with Gasteiger partial charge in [-0.25, -0.2) is 12.8 Å². The van der Waals surface area contributed by atoms with Crippen LogP contribution in [0, 0.1) is 26.6 Å². The number of ketones is 1. The molecule has 3 rings (SSSR count). The molecule has 0 aliphatic heterocycles. The van der Waals surface area contributed by atoms with E-state index in [1.165, 1.54) is 18.2 Å². The summed E-state index contributed by atoms with van der Waals surface area (Å²) in [5.74, 6) is -0.614. The summed E-state index contributed by atoms with van der Waals surface area (Å²) in [7, 11) is -3.90. The van der Waals surface area contributed by atoms with E-state index in [1.807, 2.05) is 13.8 Å². The van der Waals surface area contributed by atoms with Gasteiger partial charge >= 0.3 is 0 Å². The lowest BCUT2D eigenvalue weighted by atomic mass is 10.00. The van der Waals surface area contributed by atoms with Crippen LogP contribution in [0.1, 0.15) is 42.0 Å². The average molecular weight is 387 g/mol. The second-order valence-corrected chi connectivity index (χ2v) is 8.72. The van der Waals surface area contributed by atoms with Crippen molar-refractivity contribution in [2.75, 3.05) is 4.72 Å². The van der Waals surface area contributed by atoms with Crippen LogP contribution in [-0.4, -0.2) is 14.2 Å². The number of Topliss-reactive ketones (excluding diaryl/α,β-unsaturated/α-hetero) is 1. The molecule has 4 nitrogen and oxygen atoms in total. The third kappa shape index (κ3) is 3.67. The Morgan fingerprint density at radius 1 is 0.963 bits per heavy atom. The molecule has 0 amide bonds. The molecule has 0 heterocycles. The number of benzene rings is 2. The highest BCUT2D eigenvalue weighted by atomic mass is 32.2. The maximum absolute atomic E-state index is 13.9. The fourth-order valence-electron chi connectivity index (χ4n) is 3.77. The lowest BCUT2D eigenvalue weighted by Gasteiger charge is -2.17. The quantitative estimate of drug-likeness (QED) is 0.828. The number of rotatable bonds is 4. The number of halogens is 1. The summed E-state index contributed by atoms with van der Waals surface area (Å²) in [5.41, 5.74) is 4.00. The number of aryl methyl sites for hydroxylation is 3. The number of hydrogen-bond acceptors (Lipinski definition) is 3. The summed E-state index contributed by atoms with van der Waals surface area (Å²) in [6.07, 6.45) is 0.965. The van der Waals surface area contributed by atoms with E-state index in [4.69, 9.17) is 0 Å². The van der Waals surface area contributed by atoms with Gasteiger partial charge in [0.25, 0.3) is 10.0 Å². The van der Waals surface area contributed by atoms with Crippen molar-refractivity contribution in [1.82, 2.24) is 0 Å². The normalized spacial score (nSPS) is 14.8. The summed E-state index contributed by atoms with van der Waals surface area (Å²) in [6.45, 7) is 7.21. The number of allylic oxidation sites excluding steroid dienone is 2. The van der Waals surface area contributed by atoms with Crippen molar-refractivity contribution < 1.29 is 17.6 Å². The van der Waals surface area contributed by atoms with Gasteiger partial charge in [0.05, 0.1) is 10.6 Å². The van der Waals surface area contributed by atoms with Crippen LogP contribution >= 0.6 is 0 Å². The maximum Gasteiger partial charge on any atom is 0.262 e. The molecule has 1 aliphatic carbocycles. The first kappa shape index (κ1) is 19.3. The van der Waals surface area contributed by atoms with E-state index in [1.54, 1.807) is 26.0 Å². The van der Waals surface area contributed by atoms with Crippen molar-refractivity contribution >= 4 is 27.1 Å². The molecule has 2 aromatic carbocycles. The average Bonchev–Trinajstić information content (AvgIpc) is 2.86. The molecule has 6 heteroatoms. The molecule has 0 saturated carbocycles. The van der Waals surface area contributed by atoms with E-state index in [2.05, 4.69) is 4.72 Å². The Balaban J connectivity index is 2.12. The second kappa shape index (κ2) is 6.93. The van der Waals surface area contributed by atoms with Gasteiger partial charge in [0.15, 0.2) is 5.78 Å². The molecule has 0 atom stereocenters. The number of anilines is 1. The highest BCUT2D eigenvalue weighted by Crippen LogP contribution is 2.36. The van der Waals surface area contributed by atoms with Gasteiger partial charge in [-0.3, -0.25) is 9.52 Å². The first-order valence-electron chi connectivity index (χ1n) is 8.73. The molecule has 0 unspecified atom stereocenters. The van der Waals surface area contributed by atoms with Crippen molar-refractivity contribution in [3.05, 3.63) is 64.0 Å². The SMILES string of the molecule is CC1=C(c2cc(F)ccc2NS(=O)(=O)c2c(C)cc(C)cc2C)C(=O)CC1. The second-order valence-electron chi connectivity index (χ2n) is 7.10. The minimum atomic E-state index is -3.90. The summed E-state index contributed by atoms with van der Waals surface area (Å²) in [4.78, 5) is 12.5. The fourth-order valence-corrected chi connectivity index (χ4v) is 5.30. The largest absolute Gasteiger partial charge is 0.294 e. The molecule has 0 spiro atoms. The molecule has 0 bridgehead atoms. The Kier molecular flexibility index (Phi) is 4.95. The smallest absolute Gasteiger partial charge is 0.262 e. The Bertz CT molecular complexity index is 1060. The van der Waals surface area contributed by atoms with Crippen LogP contribution in [-0.2, 0) is 14.8 Å². The van der Waals surface area contributed by atoms with Crippen LogP contribution < -0.4 is 4.72 Å². The lowest BCUT2D eigenvalue weighted by molar-refractivity contribution is -0.113. The zero-order chi connectivity index (χ0) is 19.9. The van der Waals surface area contributed by atoms with Crippen LogP contribution in [0.3, 0.4) is 0 Å². The van der Waals surface area contributed by atoms with Crippen LogP contribution in [0.4, 0.5) is 10.1 Å². The van der Waals surface area contributed by atoms with Gasteiger partial charge in [-0.1, -0.05) is 23.3 Å². The van der Waals surface area contributed by atoms with E-state index in [0.717, 1.165) is 11.1 Å². The standard InChI is InChI=1S/C21H22FNO3S/c1-12-9-14(3)21(15(4)10-12)27(25,26)23-18-7-6-16(22)11-17(18)20-13(2)5-8-19(20)24/h6-7,9-11,23H,5,8H2,1-4H3. The number of sulfonamides is 1. The molecule has 0 saturated heterocycles. The molecule has 1 aliphatic rings. The predicted octanol–water partition coefficient (Wildman–Crippen LogP) is 4.69. The molecular formula is C21H22FNO3S. The maximum atomic E-state index is 13.9. The van der Waals surface area contributed by atoms with E-state index < -0.39 is 15.8 Å². The number of carbonyl (C=O) groups is 1. The van der Waals surface area contributed by atoms with Crippen LogP contribution in [0.5, 0.6) is 0 Å². The summed E-state index contributed by atoms with van der Waals surface area (Å²) >= 11 is 0. The van der Waals surface area contributed by atoms with Gasteiger partial charge in [-0.05, 0) is 63.4 Å². The van der Waals surface area contributed by atoms with Crippen molar-refractivity contribution in [2.24, 2.45) is 0 Å². The van der Waals surface area contributed by atoms with Crippen molar-refractivity contribution in [1.29, 1.82) is 0 Å². The van der Waals surface area contributed by atoms with Crippen LogP contribution in [0.25, 0.3) is 5.57 Å². The molecule has 142 valence electrons. The summed E-state index contributed by atoms with van der Waals surface area (Å²) in [5, 5.41) is 0. The first-order valence-corrected chi connectivity index (χ1v) is 10.2. The number of hydrogen-bond donors (Lipinski definition) is 1. The lowest BCUT2D eigenvalue weighted by Crippen LogP contribution is -2.17. The third-order valence-electron chi connectivity index (χ3n) is 4.80. The minimum absolute atomic E-state index is 0.0961. The van der Waals surface area contributed by atoms with Crippen LogP contribution in [0.2, 0.25) is 0 Å². The van der Waals surface area contributed by atoms with Gasteiger partial charge < -0.3 is 0 Å². The fraction of sp³-hybridized carbons (Fsp3) is 0.286. The van der Waals surface area contributed by atoms with Gasteiger partial charge in [0.2, 0.25) is 0 Å². The zero-order valence-electron chi connectivity index (χ0n) is 15.8. The van der Waals surface area contributed by atoms with Gasteiger partial charge in [0.1, 0.15) is 5.82 Å². The van der Waals surface area contributed by atoms with E-state index >= 15 is 0 Å². The predicted molar refractivity (Wildman–Crippen MR) is 105 cm³/mol. The van der Waals surface area contributed by atoms with Crippen LogP contribution in [0.15, 0.2) is 40.8 Å². The van der Waals surface area contributed by atoms with Gasteiger partial charge in [-0.2, -0.15) is 0 Å². The molecule has 1 N–H and O–H groups in total. The van der Waals surface area contributed by atoms with E-state index in [0.29, 0.717) is 35.1 Å². The highest BCUT2D eigenvalue weighted by Gasteiger charge is 2.27. The number of nitrogens with one attached hydrogen (secondary N) is 1. The Labute approximate surface area is 159 Å². The first-order chi connectivity index (χ1) is 12.6. The number of carbonyl (C=O) groups excluding carboxylic acids is 1. The highest BCUT2D eigenvalue weighted by molar-refractivity contribution is 7.92. The third-order valence-corrected chi connectivity index (χ3v) is 6.47. The van der Waals surface area contributed by atoms with Crippen molar-refractivity contribution in [2.45, 2.75) is 45.4 Å². The Morgan fingerprint density at radius 2 is 1.59 bits per heavy atom. The molecule has 0 fully saturated rings. The summed E-state index contributed by atoms with van der Waals surface area (Å²) in [6, 6.07) is 7.38. The Hall–Kier alpha value is -2.47. The molecule has 0 radical (unpaired) electrons. The van der Waals surface area contributed by atoms with Gasteiger partial charge in [-0.15, -0.1) is 0 Å². The Morgan fingerprint density at radius 3 is 2.15 bits per heavy atom. The molecule has 27 heavy (non-hydrogen) atoms. The van der Waals surface area contributed by atoms with Crippen molar-refractivity contribution in [3.63, 3.8) is 0 Å². The van der Waals surface area contributed by atoms with E-state index in [-0.39, 0.29) is 16.4 Å². The molecule has 2 aromatic rings. The van der Waals surface area contributed by atoms with E-state index in [9.17, 15) is 17.6 Å². The van der Waals surface area contributed by atoms with Gasteiger partial charge in [0, 0.05) is 17.6 Å². The topological polar surface area (TPSA) is 63.2 Å². The summed E-state index contributed by atoms with van der Waals surface area (Å²) < 4.78 is 42.6. The zero-order valence-corrected chi connectivity index (χ0v) is 16.6.